The van der Waals surface area contributed by atoms with Gasteiger partial charge in [-0.15, -0.1) is 11.3 Å². The van der Waals surface area contributed by atoms with Gasteiger partial charge in [0.1, 0.15) is 5.75 Å². The highest BCUT2D eigenvalue weighted by Crippen LogP contribution is 2.21. The highest BCUT2D eigenvalue weighted by atomic mass is 35.5. The summed E-state index contributed by atoms with van der Waals surface area (Å²) in [5.41, 5.74) is 0. The van der Waals surface area contributed by atoms with Crippen molar-refractivity contribution in [3.05, 3.63) is 51.2 Å². The molecular weight excluding hydrogens is 316 g/mol. The molecule has 2 rings (SSSR count). The number of sulfone groups is 1. The van der Waals surface area contributed by atoms with Crippen LogP contribution in [0.25, 0.3) is 0 Å². The van der Waals surface area contributed by atoms with E-state index in [2.05, 4.69) is 0 Å². The van der Waals surface area contributed by atoms with Gasteiger partial charge in [-0.3, -0.25) is 4.79 Å². The average Bonchev–Trinajstić information content (AvgIpc) is 2.87. The number of hydrogen-bond donors (Lipinski definition) is 0. The summed E-state index contributed by atoms with van der Waals surface area (Å²) in [7, 11) is -3.65. The molecule has 0 fully saturated rings. The first-order chi connectivity index (χ1) is 9.42. The van der Waals surface area contributed by atoms with Crippen molar-refractivity contribution in [1.82, 2.24) is 0 Å². The summed E-state index contributed by atoms with van der Waals surface area (Å²) in [6, 6.07) is 9.48. The Morgan fingerprint density at radius 1 is 1.25 bits per heavy atom. The second-order valence-electron chi connectivity index (χ2n) is 4.26. The Morgan fingerprint density at radius 3 is 2.60 bits per heavy atom. The summed E-state index contributed by atoms with van der Waals surface area (Å²) in [5.74, 6) is -0.911. The van der Waals surface area contributed by atoms with Gasteiger partial charge in [-0.25, -0.2) is 8.42 Å². The van der Waals surface area contributed by atoms with Crippen molar-refractivity contribution >= 4 is 38.6 Å². The maximum Gasteiger partial charge on any atom is 0.188 e. The van der Waals surface area contributed by atoms with E-state index in [1.165, 1.54) is 23.5 Å². The SMILES string of the molecule is CCc1ccc(C(=O)CS(=O)(=O)c2cccc(Cl)c2)s1. The van der Waals surface area contributed by atoms with Crippen LogP contribution in [0.1, 0.15) is 21.5 Å². The molecule has 20 heavy (non-hydrogen) atoms. The van der Waals surface area contributed by atoms with E-state index in [1.54, 1.807) is 18.2 Å². The largest absolute Gasteiger partial charge is 0.292 e. The highest BCUT2D eigenvalue weighted by Gasteiger charge is 2.21. The second kappa shape index (κ2) is 6.08. The Morgan fingerprint density at radius 2 is 2.00 bits per heavy atom. The minimum atomic E-state index is -3.65. The smallest absolute Gasteiger partial charge is 0.188 e. The second-order valence-corrected chi connectivity index (χ2v) is 7.85. The molecule has 0 aliphatic carbocycles. The Bertz CT molecular complexity index is 732. The van der Waals surface area contributed by atoms with Crippen LogP contribution < -0.4 is 0 Å². The van der Waals surface area contributed by atoms with Crippen molar-refractivity contribution in [2.24, 2.45) is 0 Å². The van der Waals surface area contributed by atoms with Crippen LogP contribution in [-0.4, -0.2) is 20.0 Å². The molecule has 3 nitrogen and oxygen atoms in total. The Kier molecular flexibility index (Phi) is 4.62. The highest BCUT2D eigenvalue weighted by molar-refractivity contribution is 7.92. The maximum atomic E-state index is 12.2. The molecule has 2 aromatic rings. The maximum absolute atomic E-state index is 12.2. The van der Waals surface area contributed by atoms with Gasteiger partial charge in [-0.2, -0.15) is 0 Å². The molecule has 0 aliphatic rings. The van der Waals surface area contributed by atoms with Crippen molar-refractivity contribution < 1.29 is 13.2 Å². The van der Waals surface area contributed by atoms with Crippen LogP contribution in [0.2, 0.25) is 5.02 Å². The molecule has 0 aliphatic heterocycles. The van der Waals surface area contributed by atoms with Gasteiger partial charge in [0.15, 0.2) is 15.6 Å². The van der Waals surface area contributed by atoms with Crippen LogP contribution in [0.15, 0.2) is 41.3 Å². The lowest BCUT2D eigenvalue weighted by Gasteiger charge is -2.03. The van der Waals surface area contributed by atoms with Crippen molar-refractivity contribution in [3.8, 4) is 0 Å². The lowest BCUT2D eigenvalue weighted by atomic mass is 10.3. The van der Waals surface area contributed by atoms with E-state index in [0.717, 1.165) is 11.3 Å². The van der Waals surface area contributed by atoms with E-state index in [1.807, 2.05) is 13.0 Å². The summed E-state index contributed by atoms with van der Waals surface area (Å²) in [4.78, 5) is 13.7. The quantitative estimate of drug-likeness (QED) is 0.788. The number of Topliss-reactive ketones (excluding diaryl/α,β-unsaturated/α-hetero) is 1. The predicted molar refractivity (Wildman–Crippen MR) is 81.5 cm³/mol. The molecule has 1 aromatic heterocycles. The van der Waals surface area contributed by atoms with Gasteiger partial charge >= 0.3 is 0 Å². The Labute approximate surface area is 127 Å². The number of ketones is 1. The molecule has 0 saturated carbocycles. The van der Waals surface area contributed by atoms with Crippen molar-refractivity contribution in [2.75, 3.05) is 5.75 Å². The zero-order chi connectivity index (χ0) is 14.8. The first-order valence-corrected chi connectivity index (χ1v) is 8.87. The number of carbonyl (C=O) groups excluding carboxylic acids is 1. The van der Waals surface area contributed by atoms with E-state index in [0.29, 0.717) is 9.90 Å². The zero-order valence-corrected chi connectivity index (χ0v) is 13.2. The molecule has 106 valence electrons. The fourth-order valence-corrected chi connectivity index (χ4v) is 4.20. The molecule has 6 heteroatoms. The van der Waals surface area contributed by atoms with Crippen LogP contribution in [0.3, 0.4) is 0 Å². The molecule has 0 radical (unpaired) electrons. The minimum absolute atomic E-state index is 0.0746. The van der Waals surface area contributed by atoms with Gasteiger partial charge < -0.3 is 0 Å². The van der Waals surface area contributed by atoms with Crippen LogP contribution in [0.4, 0.5) is 0 Å². The molecule has 1 aromatic carbocycles. The topological polar surface area (TPSA) is 51.2 Å². The van der Waals surface area contributed by atoms with Gasteiger partial charge in [-0.1, -0.05) is 24.6 Å². The number of hydrogen-bond acceptors (Lipinski definition) is 4. The lowest BCUT2D eigenvalue weighted by molar-refractivity contribution is 0.102. The molecule has 0 spiro atoms. The Balaban J connectivity index is 2.22. The average molecular weight is 329 g/mol. The minimum Gasteiger partial charge on any atom is -0.292 e. The van der Waals surface area contributed by atoms with Gasteiger partial charge in [0, 0.05) is 9.90 Å². The van der Waals surface area contributed by atoms with E-state index in [-0.39, 0.29) is 10.7 Å². The van der Waals surface area contributed by atoms with Crippen LogP contribution in [0, 0.1) is 0 Å². The summed E-state index contributed by atoms with van der Waals surface area (Å²) in [6.07, 6.45) is 0.832. The third kappa shape index (κ3) is 3.48. The van der Waals surface area contributed by atoms with Gasteiger partial charge in [-0.05, 0) is 36.8 Å². The molecule has 0 unspecified atom stereocenters. The van der Waals surface area contributed by atoms with Gasteiger partial charge in [0.05, 0.1) is 9.77 Å². The Hall–Kier alpha value is -1.17. The van der Waals surface area contributed by atoms with E-state index >= 15 is 0 Å². The first-order valence-electron chi connectivity index (χ1n) is 6.02. The molecule has 0 saturated heterocycles. The number of rotatable bonds is 5. The number of benzene rings is 1. The molecule has 0 N–H and O–H groups in total. The van der Waals surface area contributed by atoms with E-state index in [4.69, 9.17) is 11.6 Å². The number of halogens is 1. The summed E-state index contributed by atoms with van der Waals surface area (Å²) in [6.45, 7) is 1.99. The van der Waals surface area contributed by atoms with Crippen LogP contribution in [-0.2, 0) is 16.3 Å². The number of aryl methyl sites for hydroxylation is 1. The third-order valence-corrected chi connectivity index (χ3v) is 5.88. The van der Waals surface area contributed by atoms with E-state index in [9.17, 15) is 13.2 Å². The first kappa shape index (κ1) is 15.2. The molecule has 0 bridgehead atoms. The fourth-order valence-electron chi connectivity index (χ4n) is 1.71. The van der Waals surface area contributed by atoms with Crippen molar-refractivity contribution in [1.29, 1.82) is 0 Å². The van der Waals surface area contributed by atoms with E-state index < -0.39 is 15.6 Å². The van der Waals surface area contributed by atoms with Crippen molar-refractivity contribution in [2.45, 2.75) is 18.2 Å². The number of carbonyl (C=O) groups is 1. The lowest BCUT2D eigenvalue weighted by Crippen LogP contribution is -2.15. The molecule has 0 amide bonds. The zero-order valence-electron chi connectivity index (χ0n) is 10.8. The van der Waals surface area contributed by atoms with Crippen LogP contribution in [0.5, 0.6) is 0 Å². The standard InChI is InChI=1S/C14H13ClO3S2/c1-2-11-6-7-14(19-11)13(16)9-20(17,18)12-5-3-4-10(15)8-12/h3-8H,2,9H2,1H3. The summed E-state index contributed by atoms with van der Waals surface area (Å²) >= 11 is 7.12. The number of thiophene rings is 1. The van der Waals surface area contributed by atoms with Crippen molar-refractivity contribution in [3.63, 3.8) is 0 Å². The predicted octanol–water partition coefficient (Wildman–Crippen LogP) is 3.62. The monoisotopic (exact) mass is 328 g/mol. The summed E-state index contributed by atoms with van der Waals surface area (Å²) < 4.78 is 24.3. The van der Waals surface area contributed by atoms with Gasteiger partial charge in [0.2, 0.25) is 0 Å². The molecule has 1 heterocycles. The molecular formula is C14H13ClO3S2. The summed E-state index contributed by atoms with van der Waals surface area (Å²) in [5, 5.41) is 0.336. The normalized spacial score (nSPS) is 11.5. The van der Waals surface area contributed by atoms with Gasteiger partial charge in [0.25, 0.3) is 0 Å². The third-order valence-electron chi connectivity index (χ3n) is 2.76. The van der Waals surface area contributed by atoms with Crippen LogP contribution >= 0.6 is 22.9 Å². The molecule has 0 atom stereocenters. The fraction of sp³-hybridized carbons (Fsp3) is 0.214.